The number of nitrogens with zero attached hydrogens (tertiary/aromatic N) is 4. The number of aryl methyl sites for hydroxylation is 1. The second-order valence-corrected chi connectivity index (χ2v) is 4.87. The molecule has 112 valence electrons. The fourth-order valence-corrected chi connectivity index (χ4v) is 2.48. The highest BCUT2D eigenvalue weighted by Crippen LogP contribution is 2.37. The van der Waals surface area contributed by atoms with E-state index in [1.165, 1.54) is 6.20 Å². The van der Waals surface area contributed by atoms with E-state index < -0.39 is 35.0 Å². The van der Waals surface area contributed by atoms with Crippen molar-refractivity contribution in [1.29, 1.82) is 5.26 Å². The van der Waals surface area contributed by atoms with Crippen molar-refractivity contribution >= 4 is 5.91 Å². The second kappa shape index (κ2) is 4.87. The van der Waals surface area contributed by atoms with Crippen LogP contribution < -0.4 is 0 Å². The fourth-order valence-electron chi connectivity index (χ4n) is 2.48. The molecule has 1 aromatic carbocycles. The summed E-state index contributed by atoms with van der Waals surface area (Å²) in [5, 5.41) is 9.24. The number of aromatic nitrogens is 2. The first-order chi connectivity index (χ1) is 10.5. The van der Waals surface area contributed by atoms with Gasteiger partial charge in [-0.2, -0.15) is 5.26 Å². The molecular formula is C14H9F3N4O. The highest BCUT2D eigenvalue weighted by molar-refractivity contribution is 6.00. The van der Waals surface area contributed by atoms with Crippen LogP contribution in [0.2, 0.25) is 0 Å². The number of benzene rings is 1. The van der Waals surface area contributed by atoms with Gasteiger partial charge in [-0.15, -0.1) is 0 Å². The molecule has 0 spiro atoms. The number of nitriles is 1. The summed E-state index contributed by atoms with van der Waals surface area (Å²) < 4.78 is 42.2. The number of hydrogen-bond donors (Lipinski definition) is 0. The van der Waals surface area contributed by atoms with Gasteiger partial charge in [0.1, 0.15) is 11.9 Å². The number of fused-ring (bicyclic) bond motifs is 1. The van der Waals surface area contributed by atoms with E-state index in [1.54, 1.807) is 17.8 Å². The summed E-state index contributed by atoms with van der Waals surface area (Å²) in [6.45, 7) is -0.0715. The Morgan fingerprint density at radius 1 is 1.36 bits per heavy atom. The molecule has 0 bridgehead atoms. The predicted molar refractivity (Wildman–Crippen MR) is 67.8 cm³/mol. The van der Waals surface area contributed by atoms with Gasteiger partial charge in [0.25, 0.3) is 5.91 Å². The van der Waals surface area contributed by atoms with Gasteiger partial charge in [-0.05, 0) is 6.07 Å². The molecule has 22 heavy (non-hydrogen) atoms. The molecule has 0 saturated heterocycles. The highest BCUT2D eigenvalue weighted by Gasteiger charge is 2.41. The summed E-state index contributed by atoms with van der Waals surface area (Å²) in [5.74, 6) is -5.11. The molecule has 1 amide bonds. The predicted octanol–water partition coefficient (Wildman–Crippen LogP) is 2.06. The van der Waals surface area contributed by atoms with Crippen molar-refractivity contribution in [3.8, 4) is 6.07 Å². The van der Waals surface area contributed by atoms with Crippen molar-refractivity contribution in [1.82, 2.24) is 14.5 Å². The van der Waals surface area contributed by atoms with Gasteiger partial charge in [0.2, 0.25) is 0 Å². The highest BCUT2D eigenvalue weighted by atomic mass is 19.2. The molecule has 1 atom stereocenters. The van der Waals surface area contributed by atoms with Crippen LogP contribution in [0.3, 0.4) is 0 Å². The Kier molecular flexibility index (Phi) is 3.13. The first-order valence-corrected chi connectivity index (χ1v) is 6.30. The summed E-state index contributed by atoms with van der Waals surface area (Å²) >= 11 is 0. The fraction of sp³-hybridized carbons (Fsp3) is 0.214. The minimum Gasteiger partial charge on any atom is -0.337 e. The Hall–Kier alpha value is -2.82. The molecule has 1 aromatic heterocycles. The number of carbonyl (C=O) groups excluding carboxylic acids is 1. The SMILES string of the molecule is Cn1ccnc1CN1C(=O)c2c(cc(F)c(F)c2F)C1C#N. The van der Waals surface area contributed by atoms with Crippen LogP contribution in [0, 0.1) is 28.8 Å². The molecule has 0 aliphatic carbocycles. The molecule has 2 aromatic rings. The minimum atomic E-state index is -1.72. The maximum absolute atomic E-state index is 13.9. The molecule has 1 aliphatic rings. The summed E-state index contributed by atoms with van der Waals surface area (Å²) in [5.41, 5.74) is -0.766. The first kappa shape index (κ1) is 14.1. The Morgan fingerprint density at radius 2 is 2.09 bits per heavy atom. The lowest BCUT2D eigenvalue weighted by Gasteiger charge is -2.19. The smallest absolute Gasteiger partial charge is 0.259 e. The number of amides is 1. The Morgan fingerprint density at radius 3 is 2.68 bits per heavy atom. The molecule has 0 radical (unpaired) electrons. The maximum Gasteiger partial charge on any atom is 0.259 e. The van der Waals surface area contributed by atoms with E-state index in [4.69, 9.17) is 0 Å². The maximum atomic E-state index is 13.9. The van der Waals surface area contributed by atoms with E-state index in [9.17, 15) is 23.2 Å². The molecule has 0 saturated carbocycles. The van der Waals surface area contributed by atoms with Crippen LogP contribution in [0.15, 0.2) is 18.5 Å². The Labute approximate surface area is 123 Å². The average molecular weight is 306 g/mol. The molecule has 0 fully saturated rings. The summed E-state index contributed by atoms with van der Waals surface area (Å²) in [4.78, 5) is 17.4. The average Bonchev–Trinajstić information content (AvgIpc) is 3.00. The number of rotatable bonds is 2. The van der Waals surface area contributed by atoms with Gasteiger partial charge in [0, 0.05) is 25.0 Å². The van der Waals surface area contributed by atoms with Crippen molar-refractivity contribution < 1.29 is 18.0 Å². The molecular weight excluding hydrogens is 297 g/mol. The van der Waals surface area contributed by atoms with Crippen molar-refractivity contribution in [2.45, 2.75) is 12.6 Å². The first-order valence-electron chi connectivity index (χ1n) is 6.30. The number of halogens is 3. The zero-order valence-electron chi connectivity index (χ0n) is 11.3. The van der Waals surface area contributed by atoms with Gasteiger partial charge in [0.05, 0.1) is 18.2 Å². The third-order valence-electron chi connectivity index (χ3n) is 3.63. The molecule has 0 N–H and O–H groups in total. The lowest BCUT2D eigenvalue weighted by molar-refractivity contribution is 0.0734. The van der Waals surface area contributed by atoms with E-state index in [0.29, 0.717) is 11.9 Å². The summed E-state index contributed by atoms with van der Waals surface area (Å²) in [7, 11) is 1.69. The van der Waals surface area contributed by atoms with Gasteiger partial charge in [-0.1, -0.05) is 0 Å². The third kappa shape index (κ3) is 1.86. The van der Waals surface area contributed by atoms with Crippen molar-refractivity contribution in [2.75, 3.05) is 0 Å². The van der Waals surface area contributed by atoms with Gasteiger partial charge < -0.3 is 9.47 Å². The summed E-state index contributed by atoms with van der Waals surface area (Å²) in [6, 6.07) is 1.32. The van der Waals surface area contributed by atoms with E-state index in [0.717, 1.165) is 4.90 Å². The number of imidazole rings is 1. The van der Waals surface area contributed by atoms with E-state index in [-0.39, 0.29) is 12.1 Å². The van der Waals surface area contributed by atoms with Gasteiger partial charge >= 0.3 is 0 Å². The summed E-state index contributed by atoms with van der Waals surface area (Å²) in [6.07, 6.45) is 3.15. The standard InChI is InChI=1S/C14H9F3N4O/c1-20-3-2-19-10(20)6-21-9(5-18)7-4-8(15)12(16)13(17)11(7)14(21)22/h2-4,9H,6H2,1H3. The lowest BCUT2D eigenvalue weighted by atomic mass is 10.0. The number of hydrogen-bond acceptors (Lipinski definition) is 3. The van der Waals surface area contributed by atoms with Crippen LogP contribution in [-0.2, 0) is 13.6 Å². The normalized spacial score (nSPS) is 16.8. The third-order valence-corrected chi connectivity index (χ3v) is 3.63. The molecule has 3 rings (SSSR count). The van der Waals surface area contributed by atoms with E-state index >= 15 is 0 Å². The van der Waals surface area contributed by atoms with Gasteiger partial charge in [-0.25, -0.2) is 18.2 Å². The van der Waals surface area contributed by atoms with Crippen molar-refractivity contribution in [3.05, 3.63) is 52.9 Å². The van der Waals surface area contributed by atoms with E-state index in [2.05, 4.69) is 4.98 Å². The molecule has 1 unspecified atom stereocenters. The van der Waals surface area contributed by atoms with Crippen molar-refractivity contribution in [2.24, 2.45) is 7.05 Å². The largest absolute Gasteiger partial charge is 0.337 e. The van der Waals surface area contributed by atoms with Crippen LogP contribution in [0.5, 0.6) is 0 Å². The van der Waals surface area contributed by atoms with E-state index in [1.807, 2.05) is 6.07 Å². The van der Waals surface area contributed by atoms with Crippen LogP contribution in [0.1, 0.15) is 27.8 Å². The van der Waals surface area contributed by atoms with Crippen LogP contribution in [-0.4, -0.2) is 20.4 Å². The van der Waals surface area contributed by atoms with Crippen LogP contribution in [0.4, 0.5) is 13.2 Å². The topological polar surface area (TPSA) is 61.9 Å². The quantitative estimate of drug-likeness (QED) is 0.798. The minimum absolute atomic E-state index is 0.0715. The molecule has 5 nitrogen and oxygen atoms in total. The second-order valence-electron chi connectivity index (χ2n) is 4.87. The van der Waals surface area contributed by atoms with Crippen molar-refractivity contribution in [3.63, 3.8) is 0 Å². The van der Waals surface area contributed by atoms with Gasteiger partial charge in [0.15, 0.2) is 17.5 Å². The lowest BCUT2D eigenvalue weighted by Crippen LogP contribution is -2.28. The number of carbonyl (C=O) groups is 1. The van der Waals surface area contributed by atoms with Crippen LogP contribution >= 0.6 is 0 Å². The Bertz CT molecular complexity index is 824. The zero-order chi connectivity index (χ0) is 16.0. The van der Waals surface area contributed by atoms with Crippen LogP contribution in [0.25, 0.3) is 0 Å². The van der Waals surface area contributed by atoms with Gasteiger partial charge in [-0.3, -0.25) is 4.79 Å². The Balaban J connectivity index is 2.09. The monoisotopic (exact) mass is 306 g/mol. The molecule has 8 heteroatoms. The molecule has 1 aliphatic heterocycles. The zero-order valence-corrected chi connectivity index (χ0v) is 11.3. The molecule has 2 heterocycles.